The SMILES string of the molecule is CN=C(NCc1ccccc1OC1CCC1)NC1CCN(C(=O)C2CCCC2)C1.I. The highest BCUT2D eigenvalue weighted by atomic mass is 127. The number of rotatable bonds is 6. The van der Waals surface area contributed by atoms with Crippen LogP contribution in [-0.4, -0.2) is 49.0 Å². The molecule has 2 N–H and O–H groups in total. The van der Waals surface area contributed by atoms with Gasteiger partial charge in [0.2, 0.25) is 5.91 Å². The van der Waals surface area contributed by atoms with E-state index in [1.54, 1.807) is 7.05 Å². The Morgan fingerprint density at radius 2 is 1.90 bits per heavy atom. The van der Waals surface area contributed by atoms with Crippen molar-refractivity contribution in [2.75, 3.05) is 20.1 Å². The maximum Gasteiger partial charge on any atom is 0.225 e. The topological polar surface area (TPSA) is 66.0 Å². The van der Waals surface area contributed by atoms with Crippen molar-refractivity contribution in [3.63, 3.8) is 0 Å². The van der Waals surface area contributed by atoms with Crippen molar-refractivity contribution in [1.29, 1.82) is 0 Å². The van der Waals surface area contributed by atoms with E-state index in [2.05, 4.69) is 27.8 Å². The van der Waals surface area contributed by atoms with Crippen molar-refractivity contribution in [1.82, 2.24) is 15.5 Å². The molecule has 1 amide bonds. The first-order valence-electron chi connectivity index (χ1n) is 11.2. The number of likely N-dealkylation sites (tertiary alicyclic amines) is 1. The molecule has 1 aromatic carbocycles. The fourth-order valence-corrected chi connectivity index (χ4v) is 4.51. The van der Waals surface area contributed by atoms with E-state index in [4.69, 9.17) is 4.74 Å². The number of para-hydroxylation sites is 1. The minimum Gasteiger partial charge on any atom is -0.490 e. The average molecular weight is 526 g/mol. The number of nitrogens with zero attached hydrogens (tertiary/aromatic N) is 2. The highest BCUT2D eigenvalue weighted by Gasteiger charge is 2.32. The summed E-state index contributed by atoms with van der Waals surface area (Å²) in [5.41, 5.74) is 1.15. The first kappa shape index (κ1) is 23.2. The number of hydrogen-bond acceptors (Lipinski definition) is 3. The van der Waals surface area contributed by atoms with Crippen molar-refractivity contribution in [3.05, 3.63) is 29.8 Å². The molecule has 0 aromatic heterocycles. The van der Waals surface area contributed by atoms with Gasteiger partial charge in [0.15, 0.2) is 5.96 Å². The van der Waals surface area contributed by atoms with Gasteiger partial charge in [0.1, 0.15) is 5.75 Å². The van der Waals surface area contributed by atoms with Gasteiger partial charge in [-0.2, -0.15) is 0 Å². The molecule has 1 aliphatic heterocycles. The molecule has 7 heteroatoms. The molecule has 0 spiro atoms. The molecular formula is C23H35IN4O2. The van der Waals surface area contributed by atoms with Crippen LogP contribution in [0.25, 0.3) is 0 Å². The van der Waals surface area contributed by atoms with Crippen LogP contribution in [0, 0.1) is 5.92 Å². The van der Waals surface area contributed by atoms with E-state index in [9.17, 15) is 4.79 Å². The number of halogens is 1. The van der Waals surface area contributed by atoms with E-state index in [0.717, 1.165) is 62.5 Å². The Labute approximate surface area is 197 Å². The van der Waals surface area contributed by atoms with E-state index in [0.29, 0.717) is 18.6 Å². The summed E-state index contributed by atoms with van der Waals surface area (Å²) in [7, 11) is 1.79. The number of ether oxygens (including phenoxy) is 1. The fourth-order valence-electron chi connectivity index (χ4n) is 4.51. The van der Waals surface area contributed by atoms with Gasteiger partial charge >= 0.3 is 0 Å². The van der Waals surface area contributed by atoms with Crippen molar-refractivity contribution < 1.29 is 9.53 Å². The van der Waals surface area contributed by atoms with E-state index < -0.39 is 0 Å². The Kier molecular flexibility index (Phi) is 8.65. The molecule has 2 aliphatic carbocycles. The zero-order valence-corrected chi connectivity index (χ0v) is 20.3. The van der Waals surface area contributed by atoms with Gasteiger partial charge in [0, 0.05) is 44.2 Å². The number of hydrogen-bond donors (Lipinski definition) is 2. The maximum absolute atomic E-state index is 12.7. The Bertz CT molecular complexity index is 732. The largest absolute Gasteiger partial charge is 0.490 e. The Hall–Kier alpha value is -1.51. The number of benzene rings is 1. The number of amides is 1. The monoisotopic (exact) mass is 526 g/mol. The van der Waals surface area contributed by atoms with Gasteiger partial charge in [0.25, 0.3) is 0 Å². The second-order valence-corrected chi connectivity index (χ2v) is 8.60. The normalized spacial score (nSPS) is 22.4. The summed E-state index contributed by atoms with van der Waals surface area (Å²) >= 11 is 0. The molecule has 1 saturated heterocycles. The summed E-state index contributed by atoms with van der Waals surface area (Å²) in [6.45, 7) is 2.29. The van der Waals surface area contributed by atoms with E-state index in [-0.39, 0.29) is 35.9 Å². The third-order valence-corrected chi connectivity index (χ3v) is 6.53. The van der Waals surface area contributed by atoms with Crippen LogP contribution < -0.4 is 15.4 Å². The number of carbonyl (C=O) groups is 1. The molecule has 6 nitrogen and oxygen atoms in total. The lowest BCUT2D eigenvalue weighted by Gasteiger charge is -2.27. The Morgan fingerprint density at radius 3 is 2.60 bits per heavy atom. The van der Waals surface area contributed by atoms with Gasteiger partial charge in [-0.3, -0.25) is 9.79 Å². The summed E-state index contributed by atoms with van der Waals surface area (Å²) in [6, 6.07) is 8.48. The van der Waals surface area contributed by atoms with Crippen LogP contribution in [0.1, 0.15) is 56.9 Å². The van der Waals surface area contributed by atoms with Crippen LogP contribution in [0.15, 0.2) is 29.3 Å². The Morgan fingerprint density at radius 1 is 1.13 bits per heavy atom. The van der Waals surface area contributed by atoms with E-state index in [1.807, 2.05) is 17.0 Å². The predicted molar refractivity (Wildman–Crippen MR) is 130 cm³/mol. The molecule has 30 heavy (non-hydrogen) atoms. The zero-order valence-electron chi connectivity index (χ0n) is 17.9. The molecule has 166 valence electrons. The molecule has 3 fully saturated rings. The molecule has 1 unspecified atom stereocenters. The average Bonchev–Trinajstić information content (AvgIpc) is 3.40. The zero-order chi connectivity index (χ0) is 20.1. The van der Waals surface area contributed by atoms with Gasteiger partial charge in [-0.1, -0.05) is 31.0 Å². The fraction of sp³-hybridized carbons (Fsp3) is 0.652. The lowest BCUT2D eigenvalue weighted by atomic mass is 9.96. The number of carbonyl (C=O) groups excluding carboxylic acids is 1. The maximum atomic E-state index is 12.7. The molecule has 1 atom stereocenters. The molecule has 4 rings (SSSR count). The smallest absolute Gasteiger partial charge is 0.225 e. The van der Waals surface area contributed by atoms with Crippen LogP contribution in [0.4, 0.5) is 0 Å². The summed E-state index contributed by atoms with van der Waals surface area (Å²) in [4.78, 5) is 19.1. The Balaban J connectivity index is 0.00000256. The number of guanidine groups is 1. The van der Waals surface area contributed by atoms with E-state index >= 15 is 0 Å². The van der Waals surface area contributed by atoms with Crippen molar-refractivity contribution in [2.45, 2.75) is 70.1 Å². The van der Waals surface area contributed by atoms with Crippen molar-refractivity contribution >= 4 is 35.8 Å². The molecule has 2 saturated carbocycles. The summed E-state index contributed by atoms with van der Waals surface area (Å²) < 4.78 is 6.13. The summed E-state index contributed by atoms with van der Waals surface area (Å²) in [5.74, 6) is 2.37. The van der Waals surface area contributed by atoms with Crippen molar-refractivity contribution in [3.8, 4) is 5.75 Å². The van der Waals surface area contributed by atoms with Gasteiger partial charge in [-0.05, 0) is 44.6 Å². The van der Waals surface area contributed by atoms with Gasteiger partial charge in [-0.25, -0.2) is 0 Å². The van der Waals surface area contributed by atoms with Gasteiger partial charge < -0.3 is 20.3 Å². The first-order chi connectivity index (χ1) is 14.2. The number of nitrogens with one attached hydrogen (secondary N) is 2. The van der Waals surface area contributed by atoms with Crippen LogP contribution in [0.3, 0.4) is 0 Å². The van der Waals surface area contributed by atoms with Gasteiger partial charge in [-0.15, -0.1) is 24.0 Å². The lowest BCUT2D eigenvalue weighted by Crippen LogP contribution is -2.45. The summed E-state index contributed by atoms with van der Waals surface area (Å²) in [5, 5.41) is 6.91. The van der Waals surface area contributed by atoms with Crippen LogP contribution in [-0.2, 0) is 11.3 Å². The van der Waals surface area contributed by atoms with Crippen LogP contribution >= 0.6 is 24.0 Å². The van der Waals surface area contributed by atoms with Crippen molar-refractivity contribution in [2.24, 2.45) is 10.9 Å². The molecule has 0 bridgehead atoms. The van der Waals surface area contributed by atoms with Crippen LogP contribution in [0.5, 0.6) is 5.75 Å². The molecule has 3 aliphatic rings. The molecule has 1 heterocycles. The molecule has 0 radical (unpaired) electrons. The second kappa shape index (κ2) is 11.2. The number of aliphatic imine (C=N–C) groups is 1. The minimum atomic E-state index is 0. The third kappa shape index (κ3) is 5.80. The molecular weight excluding hydrogens is 491 g/mol. The lowest BCUT2D eigenvalue weighted by molar-refractivity contribution is -0.134. The predicted octanol–water partition coefficient (Wildman–Crippen LogP) is 3.69. The summed E-state index contributed by atoms with van der Waals surface area (Å²) in [6.07, 6.45) is 9.46. The standard InChI is InChI=1S/C23H34N4O2.HI/c1-24-23(25-15-18-9-4-5-12-21(18)29-20-10-6-11-20)26-19-13-14-27(16-19)22(28)17-7-2-3-8-17;/h4-5,9,12,17,19-20H,2-3,6-8,10-11,13-16H2,1H3,(H2,24,25,26);1H. The van der Waals surface area contributed by atoms with E-state index in [1.165, 1.54) is 19.3 Å². The molecule has 1 aromatic rings. The first-order valence-corrected chi connectivity index (χ1v) is 11.2. The highest BCUT2D eigenvalue weighted by Crippen LogP contribution is 2.28. The minimum absolute atomic E-state index is 0. The highest BCUT2D eigenvalue weighted by molar-refractivity contribution is 14.0. The third-order valence-electron chi connectivity index (χ3n) is 6.53. The quantitative estimate of drug-likeness (QED) is 0.337. The second-order valence-electron chi connectivity index (χ2n) is 8.60. The van der Waals surface area contributed by atoms with Gasteiger partial charge in [0.05, 0.1) is 6.10 Å². The van der Waals surface area contributed by atoms with Crippen LogP contribution in [0.2, 0.25) is 0 Å².